The molecule has 3 rings (SSSR count). The number of benzene rings is 2. The van der Waals surface area contributed by atoms with Crippen molar-refractivity contribution in [1.82, 2.24) is 0 Å². The average molecular weight is 367 g/mol. The number of anilines is 1. The molecule has 0 saturated carbocycles. The van der Waals surface area contributed by atoms with Crippen molar-refractivity contribution in [2.45, 2.75) is 0 Å². The molecule has 132 valence electrons. The number of ether oxygens (including phenoxy) is 2. The Balaban J connectivity index is 1.88. The monoisotopic (exact) mass is 367 g/mol. The summed E-state index contributed by atoms with van der Waals surface area (Å²) in [5.41, 5.74) is 1.24. The second-order valence-electron chi connectivity index (χ2n) is 5.38. The topological polar surface area (TPSA) is 64.6 Å². The van der Waals surface area contributed by atoms with Crippen LogP contribution in [0.3, 0.4) is 0 Å². The van der Waals surface area contributed by atoms with E-state index >= 15 is 0 Å². The van der Waals surface area contributed by atoms with Gasteiger partial charge in [-0.1, -0.05) is 24.3 Å². The first kappa shape index (κ1) is 17.7. The van der Waals surface area contributed by atoms with Gasteiger partial charge in [-0.05, 0) is 29.6 Å². The third-order valence-electron chi connectivity index (χ3n) is 3.80. The van der Waals surface area contributed by atoms with E-state index in [1.165, 1.54) is 18.4 Å². The van der Waals surface area contributed by atoms with Crippen LogP contribution in [-0.4, -0.2) is 25.9 Å². The fraction of sp³-hybridized carbons (Fsp3) is 0.100. The Labute approximate surface area is 155 Å². The molecule has 1 amide bonds. The fourth-order valence-electron chi connectivity index (χ4n) is 2.53. The molecule has 0 saturated heterocycles. The van der Waals surface area contributed by atoms with Gasteiger partial charge in [0.1, 0.15) is 0 Å². The number of methoxy groups -OCH3 is 2. The molecule has 6 heteroatoms. The Kier molecular flexibility index (Phi) is 5.34. The molecule has 0 fully saturated rings. The summed E-state index contributed by atoms with van der Waals surface area (Å²) in [6.07, 6.45) is 0. The third kappa shape index (κ3) is 3.60. The van der Waals surface area contributed by atoms with Gasteiger partial charge in [0.15, 0.2) is 11.5 Å². The molecule has 1 heterocycles. The number of hydrogen-bond acceptors (Lipinski definition) is 5. The maximum atomic E-state index is 12.7. The van der Waals surface area contributed by atoms with Crippen LogP contribution in [0.2, 0.25) is 0 Å². The highest BCUT2D eigenvalue weighted by Crippen LogP contribution is 2.30. The van der Waals surface area contributed by atoms with Crippen LogP contribution < -0.4 is 14.8 Å². The molecular formula is C20H17NO4S. The van der Waals surface area contributed by atoms with Gasteiger partial charge in [-0.25, -0.2) is 0 Å². The molecule has 0 aliphatic rings. The van der Waals surface area contributed by atoms with Crippen LogP contribution in [0.5, 0.6) is 11.5 Å². The summed E-state index contributed by atoms with van der Waals surface area (Å²) < 4.78 is 10.4. The van der Waals surface area contributed by atoms with Crippen LogP contribution in [0.15, 0.2) is 60.0 Å². The first-order valence-electron chi connectivity index (χ1n) is 7.84. The molecule has 1 aromatic heterocycles. The predicted molar refractivity (Wildman–Crippen MR) is 102 cm³/mol. The zero-order valence-electron chi connectivity index (χ0n) is 14.3. The van der Waals surface area contributed by atoms with E-state index in [9.17, 15) is 9.59 Å². The highest BCUT2D eigenvalue weighted by Gasteiger charge is 2.19. The maximum absolute atomic E-state index is 12.7. The smallest absolute Gasteiger partial charge is 0.256 e. The van der Waals surface area contributed by atoms with E-state index in [0.29, 0.717) is 33.2 Å². The Hall–Kier alpha value is -3.12. The normalized spacial score (nSPS) is 10.2. The molecule has 3 aromatic rings. The number of thiophene rings is 1. The first-order chi connectivity index (χ1) is 12.6. The average Bonchev–Trinajstić information content (AvgIpc) is 3.22. The Morgan fingerprint density at radius 3 is 2.27 bits per heavy atom. The van der Waals surface area contributed by atoms with Crippen molar-refractivity contribution in [2.75, 3.05) is 19.5 Å². The van der Waals surface area contributed by atoms with Crippen LogP contribution >= 0.6 is 11.3 Å². The lowest BCUT2D eigenvalue weighted by Crippen LogP contribution is -2.16. The minimum atomic E-state index is -0.363. The lowest BCUT2D eigenvalue weighted by Gasteiger charge is -2.12. The number of hydrogen-bond donors (Lipinski definition) is 1. The van der Waals surface area contributed by atoms with Crippen molar-refractivity contribution in [3.8, 4) is 11.5 Å². The summed E-state index contributed by atoms with van der Waals surface area (Å²) in [6.45, 7) is 0. The molecule has 1 N–H and O–H groups in total. The number of amides is 1. The van der Waals surface area contributed by atoms with E-state index in [-0.39, 0.29) is 11.7 Å². The molecule has 2 aromatic carbocycles. The van der Waals surface area contributed by atoms with Gasteiger partial charge in [0.05, 0.1) is 24.7 Å². The van der Waals surface area contributed by atoms with Crippen LogP contribution in [0.1, 0.15) is 25.6 Å². The van der Waals surface area contributed by atoms with Crippen molar-refractivity contribution in [1.29, 1.82) is 0 Å². The molecule has 0 atom stereocenters. The largest absolute Gasteiger partial charge is 0.493 e. The number of rotatable bonds is 6. The quantitative estimate of drug-likeness (QED) is 0.662. The van der Waals surface area contributed by atoms with Gasteiger partial charge >= 0.3 is 0 Å². The summed E-state index contributed by atoms with van der Waals surface area (Å²) >= 11 is 1.35. The van der Waals surface area contributed by atoms with Gasteiger partial charge in [-0.3, -0.25) is 9.59 Å². The lowest BCUT2D eigenvalue weighted by atomic mass is 10.0. The lowest BCUT2D eigenvalue weighted by molar-refractivity contribution is 0.0997. The van der Waals surface area contributed by atoms with E-state index in [2.05, 4.69) is 5.32 Å². The van der Waals surface area contributed by atoms with E-state index < -0.39 is 0 Å². The molecule has 0 unspecified atom stereocenters. The fourth-order valence-corrected chi connectivity index (χ4v) is 3.21. The van der Waals surface area contributed by atoms with Crippen molar-refractivity contribution >= 4 is 28.7 Å². The Bertz CT molecular complexity index is 935. The SMILES string of the molecule is COc1ccc(NC(=O)c2ccccc2C(=O)c2cccs2)cc1OC. The van der Waals surface area contributed by atoms with E-state index in [1.54, 1.807) is 55.6 Å². The van der Waals surface area contributed by atoms with Crippen molar-refractivity contribution in [2.24, 2.45) is 0 Å². The standard InChI is InChI=1S/C20H17NO4S/c1-24-16-10-9-13(12-17(16)25-2)21-20(23)15-7-4-3-6-14(15)19(22)18-8-5-11-26-18/h3-12H,1-2H3,(H,21,23). The third-order valence-corrected chi connectivity index (χ3v) is 4.67. The summed E-state index contributed by atoms with van der Waals surface area (Å²) in [5, 5.41) is 4.63. The van der Waals surface area contributed by atoms with Crippen molar-refractivity contribution < 1.29 is 19.1 Å². The minimum absolute atomic E-state index is 0.168. The molecule has 26 heavy (non-hydrogen) atoms. The van der Waals surface area contributed by atoms with Gasteiger partial charge in [0.25, 0.3) is 5.91 Å². The summed E-state index contributed by atoms with van der Waals surface area (Å²) in [5.74, 6) is 0.544. The van der Waals surface area contributed by atoms with Crippen LogP contribution in [0.4, 0.5) is 5.69 Å². The molecule has 0 spiro atoms. The summed E-state index contributed by atoms with van der Waals surface area (Å²) in [7, 11) is 3.07. The highest BCUT2D eigenvalue weighted by atomic mass is 32.1. The highest BCUT2D eigenvalue weighted by molar-refractivity contribution is 7.12. The van der Waals surface area contributed by atoms with Crippen molar-refractivity contribution in [3.63, 3.8) is 0 Å². The van der Waals surface area contributed by atoms with E-state index in [1.807, 2.05) is 11.4 Å². The van der Waals surface area contributed by atoms with Crippen LogP contribution in [-0.2, 0) is 0 Å². The van der Waals surface area contributed by atoms with Gasteiger partial charge in [0, 0.05) is 17.3 Å². The second kappa shape index (κ2) is 7.84. The van der Waals surface area contributed by atoms with Gasteiger partial charge < -0.3 is 14.8 Å². The zero-order chi connectivity index (χ0) is 18.5. The zero-order valence-corrected chi connectivity index (χ0v) is 15.1. The minimum Gasteiger partial charge on any atom is -0.493 e. The summed E-state index contributed by atoms with van der Waals surface area (Å²) in [6, 6.07) is 15.4. The molecule has 0 aliphatic heterocycles. The Morgan fingerprint density at radius 2 is 1.62 bits per heavy atom. The van der Waals surface area contributed by atoms with Crippen LogP contribution in [0, 0.1) is 0 Å². The van der Waals surface area contributed by atoms with Crippen molar-refractivity contribution in [3.05, 3.63) is 76.0 Å². The number of ketones is 1. The predicted octanol–water partition coefficient (Wildman–Crippen LogP) is 4.25. The molecule has 0 aliphatic carbocycles. The molecule has 0 bridgehead atoms. The second-order valence-corrected chi connectivity index (χ2v) is 6.32. The Morgan fingerprint density at radius 1 is 0.885 bits per heavy atom. The van der Waals surface area contributed by atoms with Gasteiger partial charge in [-0.15, -0.1) is 11.3 Å². The molecule has 5 nitrogen and oxygen atoms in total. The number of nitrogens with one attached hydrogen (secondary N) is 1. The van der Waals surface area contributed by atoms with Gasteiger partial charge in [-0.2, -0.15) is 0 Å². The first-order valence-corrected chi connectivity index (χ1v) is 8.72. The van der Waals surface area contributed by atoms with Gasteiger partial charge in [0.2, 0.25) is 5.78 Å². The van der Waals surface area contributed by atoms with Crippen LogP contribution in [0.25, 0.3) is 0 Å². The number of carbonyl (C=O) groups excluding carboxylic acids is 2. The maximum Gasteiger partial charge on any atom is 0.256 e. The summed E-state index contributed by atoms with van der Waals surface area (Å²) in [4.78, 5) is 26.0. The van der Waals surface area contributed by atoms with E-state index in [0.717, 1.165) is 0 Å². The van der Waals surface area contributed by atoms with E-state index in [4.69, 9.17) is 9.47 Å². The molecule has 0 radical (unpaired) electrons. The molecular weight excluding hydrogens is 350 g/mol. The number of carbonyl (C=O) groups is 2.